The van der Waals surface area contributed by atoms with E-state index in [1.807, 2.05) is 42.7 Å². The highest BCUT2D eigenvalue weighted by atomic mass is 79.9. The molecule has 0 bridgehead atoms. The van der Waals surface area contributed by atoms with Gasteiger partial charge in [-0.05, 0) is 28.1 Å². The molecule has 5 heteroatoms. The zero-order valence-electron chi connectivity index (χ0n) is 10.6. The lowest BCUT2D eigenvalue weighted by molar-refractivity contribution is 1.12. The fraction of sp³-hybridized carbons (Fsp3) is 0.0667. The molecular formula is C15H12BrN3S. The van der Waals surface area contributed by atoms with Gasteiger partial charge in [0, 0.05) is 17.0 Å². The molecule has 20 heavy (non-hydrogen) atoms. The number of anilines is 1. The van der Waals surface area contributed by atoms with Crippen molar-refractivity contribution in [3.63, 3.8) is 0 Å². The summed E-state index contributed by atoms with van der Waals surface area (Å²) < 4.78 is 1.14. The van der Waals surface area contributed by atoms with Crippen LogP contribution in [0.5, 0.6) is 0 Å². The van der Waals surface area contributed by atoms with Crippen molar-refractivity contribution in [3.8, 4) is 11.4 Å². The molecule has 0 saturated carbocycles. The zero-order valence-corrected chi connectivity index (χ0v) is 13.0. The fourth-order valence-corrected chi connectivity index (χ4v) is 3.21. The fourth-order valence-electron chi connectivity index (χ4n) is 1.79. The van der Waals surface area contributed by atoms with Gasteiger partial charge in [-0.25, -0.2) is 9.97 Å². The molecule has 3 nitrogen and oxygen atoms in total. The summed E-state index contributed by atoms with van der Waals surface area (Å²) >= 11 is 5.18. The van der Waals surface area contributed by atoms with E-state index < -0.39 is 0 Å². The van der Waals surface area contributed by atoms with Gasteiger partial charge in [-0.1, -0.05) is 30.3 Å². The van der Waals surface area contributed by atoms with Crippen molar-refractivity contribution in [2.45, 2.75) is 6.54 Å². The summed E-state index contributed by atoms with van der Waals surface area (Å²) in [6.07, 6.45) is 3.63. The van der Waals surface area contributed by atoms with Gasteiger partial charge < -0.3 is 5.32 Å². The number of thiophene rings is 1. The van der Waals surface area contributed by atoms with E-state index in [0.717, 1.165) is 27.4 Å². The first-order valence-electron chi connectivity index (χ1n) is 6.17. The molecule has 2 heterocycles. The molecule has 1 aromatic carbocycles. The van der Waals surface area contributed by atoms with Crippen LogP contribution in [0.15, 0.2) is 58.6 Å². The van der Waals surface area contributed by atoms with Crippen LogP contribution in [0, 0.1) is 0 Å². The van der Waals surface area contributed by atoms with Crippen LogP contribution in [0.3, 0.4) is 0 Å². The standard InChI is InChI=1S/C15H12BrN3S/c16-14-7-6-13(20-14)10-17-12-8-18-15(19-9-12)11-4-2-1-3-5-11/h1-9,17H,10H2. The average molecular weight is 346 g/mol. The minimum absolute atomic E-state index is 0.745. The van der Waals surface area contributed by atoms with Gasteiger partial charge in [-0.15, -0.1) is 11.3 Å². The van der Waals surface area contributed by atoms with Crippen molar-refractivity contribution in [1.29, 1.82) is 0 Å². The van der Waals surface area contributed by atoms with Crippen molar-refractivity contribution < 1.29 is 0 Å². The molecule has 0 aliphatic rings. The average Bonchev–Trinajstić information content (AvgIpc) is 2.92. The number of hydrogen-bond donors (Lipinski definition) is 1. The molecule has 100 valence electrons. The molecule has 0 atom stereocenters. The number of hydrogen-bond acceptors (Lipinski definition) is 4. The van der Waals surface area contributed by atoms with Crippen LogP contribution in [0.1, 0.15) is 4.88 Å². The molecular weight excluding hydrogens is 334 g/mol. The number of nitrogens with zero attached hydrogens (tertiary/aromatic N) is 2. The van der Waals surface area contributed by atoms with Crippen molar-refractivity contribution in [2.24, 2.45) is 0 Å². The van der Waals surface area contributed by atoms with Gasteiger partial charge in [0.2, 0.25) is 0 Å². The smallest absolute Gasteiger partial charge is 0.159 e. The third-order valence-corrected chi connectivity index (χ3v) is 4.40. The molecule has 1 N–H and O–H groups in total. The number of rotatable bonds is 4. The van der Waals surface area contributed by atoms with E-state index in [4.69, 9.17) is 0 Å². The Morgan fingerprint density at radius 1 is 1.00 bits per heavy atom. The zero-order chi connectivity index (χ0) is 13.8. The van der Waals surface area contributed by atoms with Crippen molar-refractivity contribution in [3.05, 3.63) is 63.5 Å². The molecule has 0 aliphatic heterocycles. The Morgan fingerprint density at radius 2 is 1.75 bits per heavy atom. The SMILES string of the molecule is Brc1ccc(CNc2cnc(-c3ccccc3)nc2)s1. The second-order valence-electron chi connectivity index (χ2n) is 4.22. The number of benzene rings is 1. The molecule has 3 aromatic rings. The van der Waals surface area contributed by atoms with Gasteiger partial charge in [-0.3, -0.25) is 0 Å². The summed E-state index contributed by atoms with van der Waals surface area (Å²) in [4.78, 5) is 10.0. The predicted octanol–water partition coefficient (Wildman–Crippen LogP) is 4.58. The van der Waals surface area contributed by atoms with Gasteiger partial charge in [0.1, 0.15) is 0 Å². The first-order chi connectivity index (χ1) is 9.81. The summed E-state index contributed by atoms with van der Waals surface area (Å²) in [6, 6.07) is 14.1. The quantitative estimate of drug-likeness (QED) is 0.751. The van der Waals surface area contributed by atoms with E-state index in [9.17, 15) is 0 Å². The van der Waals surface area contributed by atoms with Crippen LogP contribution in [0.4, 0.5) is 5.69 Å². The van der Waals surface area contributed by atoms with Crippen LogP contribution in [0.25, 0.3) is 11.4 Å². The molecule has 0 radical (unpaired) electrons. The lowest BCUT2D eigenvalue weighted by Crippen LogP contribution is -1.99. The molecule has 2 aromatic heterocycles. The van der Waals surface area contributed by atoms with Crippen LogP contribution >= 0.6 is 27.3 Å². The third kappa shape index (κ3) is 3.23. The second-order valence-corrected chi connectivity index (χ2v) is 6.77. The van der Waals surface area contributed by atoms with E-state index in [2.05, 4.69) is 43.3 Å². The van der Waals surface area contributed by atoms with Gasteiger partial charge in [0.15, 0.2) is 5.82 Å². The highest BCUT2D eigenvalue weighted by molar-refractivity contribution is 9.11. The summed E-state index contributed by atoms with van der Waals surface area (Å²) in [7, 11) is 0. The van der Waals surface area contributed by atoms with Crippen molar-refractivity contribution in [2.75, 3.05) is 5.32 Å². The van der Waals surface area contributed by atoms with Gasteiger partial charge in [0.05, 0.1) is 21.9 Å². The van der Waals surface area contributed by atoms with Gasteiger partial charge in [0.25, 0.3) is 0 Å². The number of nitrogens with one attached hydrogen (secondary N) is 1. The lowest BCUT2D eigenvalue weighted by Gasteiger charge is -2.05. The summed E-state index contributed by atoms with van der Waals surface area (Å²) in [5.74, 6) is 0.745. The maximum atomic E-state index is 4.39. The van der Waals surface area contributed by atoms with Crippen LogP contribution in [-0.4, -0.2) is 9.97 Å². The van der Waals surface area contributed by atoms with E-state index in [-0.39, 0.29) is 0 Å². The first kappa shape index (κ1) is 13.3. The van der Waals surface area contributed by atoms with Crippen molar-refractivity contribution >= 4 is 33.0 Å². The van der Waals surface area contributed by atoms with Gasteiger partial charge >= 0.3 is 0 Å². The highest BCUT2D eigenvalue weighted by Crippen LogP contribution is 2.23. The second kappa shape index (κ2) is 6.15. The Hall–Kier alpha value is -1.72. The predicted molar refractivity (Wildman–Crippen MR) is 86.8 cm³/mol. The monoisotopic (exact) mass is 345 g/mol. The van der Waals surface area contributed by atoms with Crippen LogP contribution in [0.2, 0.25) is 0 Å². The molecule has 0 unspecified atom stereocenters. The first-order valence-corrected chi connectivity index (χ1v) is 7.78. The van der Waals surface area contributed by atoms with E-state index in [1.165, 1.54) is 4.88 Å². The maximum Gasteiger partial charge on any atom is 0.159 e. The Bertz CT molecular complexity index is 680. The van der Waals surface area contributed by atoms with Gasteiger partial charge in [-0.2, -0.15) is 0 Å². The van der Waals surface area contributed by atoms with E-state index in [1.54, 1.807) is 11.3 Å². The molecule has 0 spiro atoms. The Balaban J connectivity index is 1.67. The molecule has 0 amide bonds. The lowest BCUT2D eigenvalue weighted by atomic mass is 10.2. The highest BCUT2D eigenvalue weighted by Gasteiger charge is 2.01. The third-order valence-electron chi connectivity index (χ3n) is 2.78. The molecule has 0 saturated heterocycles. The molecule has 0 aliphatic carbocycles. The van der Waals surface area contributed by atoms with Crippen LogP contribution < -0.4 is 5.32 Å². The number of aromatic nitrogens is 2. The topological polar surface area (TPSA) is 37.8 Å². The normalized spacial score (nSPS) is 10.4. The largest absolute Gasteiger partial charge is 0.378 e. The Kier molecular flexibility index (Phi) is 4.08. The molecule has 0 fully saturated rings. The minimum Gasteiger partial charge on any atom is -0.378 e. The van der Waals surface area contributed by atoms with E-state index >= 15 is 0 Å². The van der Waals surface area contributed by atoms with Crippen molar-refractivity contribution in [1.82, 2.24) is 9.97 Å². The maximum absolute atomic E-state index is 4.39. The Labute approximate surface area is 129 Å². The summed E-state index contributed by atoms with van der Waals surface area (Å²) in [5, 5.41) is 3.32. The summed E-state index contributed by atoms with van der Waals surface area (Å²) in [6.45, 7) is 0.782. The Morgan fingerprint density at radius 3 is 2.40 bits per heavy atom. The minimum atomic E-state index is 0.745. The van der Waals surface area contributed by atoms with E-state index in [0.29, 0.717) is 0 Å². The number of halogens is 1. The summed E-state index contributed by atoms with van der Waals surface area (Å²) in [5.41, 5.74) is 1.95. The molecule has 3 rings (SSSR count). The van der Waals surface area contributed by atoms with Crippen LogP contribution in [-0.2, 0) is 6.54 Å².